The standard InChI is InChI=1S/C51H31N5O/c1-3-13-33(14-4-1)49-52-50(34-25-23-32(24-26-34)35-27-28-38-37-17-9-12-22-45(37)57-46(38)31-35)54-51(53-49)56-42-21-11-8-19-40(42)48-44(56)30-29-43-47(48)39-18-7-10-20-41(39)55(43)36-15-5-2-6-16-36/h1-31H. The van der Waals surface area contributed by atoms with Gasteiger partial charge >= 0.3 is 0 Å². The molecule has 4 aromatic heterocycles. The number of para-hydroxylation sites is 4. The number of benzene rings is 8. The molecule has 0 saturated carbocycles. The van der Waals surface area contributed by atoms with E-state index in [9.17, 15) is 0 Å². The van der Waals surface area contributed by atoms with Crippen molar-refractivity contribution >= 4 is 65.6 Å². The predicted octanol–water partition coefficient (Wildman–Crippen LogP) is 13.0. The Bertz CT molecular complexity index is 3510. The predicted molar refractivity (Wildman–Crippen MR) is 232 cm³/mol. The summed E-state index contributed by atoms with van der Waals surface area (Å²) in [6.07, 6.45) is 0. The smallest absolute Gasteiger partial charge is 0.238 e. The number of furan rings is 1. The first-order valence-electron chi connectivity index (χ1n) is 19.1. The molecule has 0 saturated heterocycles. The van der Waals surface area contributed by atoms with Gasteiger partial charge in [-0.2, -0.15) is 9.97 Å². The number of hydrogen-bond acceptors (Lipinski definition) is 4. The molecule has 4 heterocycles. The molecule has 266 valence electrons. The maximum absolute atomic E-state index is 6.21. The number of nitrogens with zero attached hydrogens (tertiary/aromatic N) is 5. The Hall–Kier alpha value is -7.83. The first kappa shape index (κ1) is 31.5. The minimum atomic E-state index is 0.565. The SMILES string of the molecule is c1ccc(-c2nc(-c3ccc(-c4ccc5c(c4)oc4ccccc45)cc3)nc(-n3c4ccccc4c4c5c6ccccc6n(-c6ccccc6)c5ccc43)n2)cc1. The van der Waals surface area contributed by atoms with Gasteiger partial charge in [0.1, 0.15) is 11.2 Å². The Morgan fingerprint density at radius 3 is 1.54 bits per heavy atom. The van der Waals surface area contributed by atoms with Crippen LogP contribution >= 0.6 is 0 Å². The number of rotatable bonds is 5. The van der Waals surface area contributed by atoms with E-state index in [-0.39, 0.29) is 0 Å². The molecule has 57 heavy (non-hydrogen) atoms. The summed E-state index contributed by atoms with van der Waals surface area (Å²) in [5.41, 5.74) is 11.3. The van der Waals surface area contributed by atoms with Gasteiger partial charge in [-0.05, 0) is 65.7 Å². The lowest BCUT2D eigenvalue weighted by Crippen LogP contribution is -2.06. The fourth-order valence-electron chi connectivity index (χ4n) is 8.62. The number of hydrogen-bond donors (Lipinski definition) is 0. The van der Waals surface area contributed by atoms with E-state index in [1.807, 2.05) is 48.5 Å². The van der Waals surface area contributed by atoms with Crippen LogP contribution in [0.4, 0.5) is 0 Å². The summed E-state index contributed by atoms with van der Waals surface area (Å²) in [4.78, 5) is 15.5. The summed E-state index contributed by atoms with van der Waals surface area (Å²) in [7, 11) is 0. The Balaban J connectivity index is 1.06. The average Bonchev–Trinajstić information content (AvgIpc) is 3.94. The van der Waals surface area contributed by atoms with Gasteiger partial charge in [0.2, 0.25) is 5.95 Å². The lowest BCUT2D eigenvalue weighted by molar-refractivity contribution is 0.669. The fraction of sp³-hybridized carbons (Fsp3) is 0. The van der Waals surface area contributed by atoms with Gasteiger partial charge in [0, 0.05) is 49.1 Å². The van der Waals surface area contributed by atoms with Crippen molar-refractivity contribution in [2.24, 2.45) is 0 Å². The maximum Gasteiger partial charge on any atom is 0.238 e. The van der Waals surface area contributed by atoms with E-state index in [2.05, 4.69) is 149 Å². The molecule has 12 rings (SSSR count). The monoisotopic (exact) mass is 729 g/mol. The highest BCUT2D eigenvalue weighted by atomic mass is 16.3. The first-order valence-corrected chi connectivity index (χ1v) is 19.1. The van der Waals surface area contributed by atoms with Crippen LogP contribution in [0.15, 0.2) is 192 Å². The molecule has 0 amide bonds. The summed E-state index contributed by atoms with van der Waals surface area (Å²) in [5.74, 6) is 1.78. The second-order valence-electron chi connectivity index (χ2n) is 14.4. The maximum atomic E-state index is 6.21. The molecular weight excluding hydrogens is 699 g/mol. The molecule has 6 nitrogen and oxygen atoms in total. The van der Waals surface area contributed by atoms with E-state index in [1.54, 1.807) is 0 Å². The number of fused-ring (bicyclic) bond motifs is 10. The quantitative estimate of drug-likeness (QED) is 0.177. The minimum absolute atomic E-state index is 0.565. The van der Waals surface area contributed by atoms with Crippen molar-refractivity contribution in [3.8, 4) is 45.5 Å². The van der Waals surface area contributed by atoms with E-state index in [0.29, 0.717) is 17.6 Å². The third kappa shape index (κ3) is 4.87. The lowest BCUT2D eigenvalue weighted by Gasteiger charge is -2.11. The molecular formula is C51H31N5O. The molecule has 12 aromatic rings. The van der Waals surface area contributed by atoms with Gasteiger partial charge in [-0.3, -0.25) is 4.57 Å². The molecule has 0 N–H and O–H groups in total. The third-order valence-corrected chi connectivity index (χ3v) is 11.2. The molecule has 0 spiro atoms. The van der Waals surface area contributed by atoms with Gasteiger partial charge in [0.15, 0.2) is 11.6 Å². The second-order valence-corrected chi connectivity index (χ2v) is 14.4. The van der Waals surface area contributed by atoms with E-state index < -0.39 is 0 Å². The van der Waals surface area contributed by atoms with Crippen molar-refractivity contribution in [2.75, 3.05) is 0 Å². The molecule has 8 aromatic carbocycles. The Morgan fingerprint density at radius 1 is 0.333 bits per heavy atom. The average molecular weight is 730 g/mol. The van der Waals surface area contributed by atoms with Crippen molar-refractivity contribution < 1.29 is 4.42 Å². The molecule has 0 aliphatic heterocycles. The van der Waals surface area contributed by atoms with Gasteiger partial charge in [0.25, 0.3) is 0 Å². The van der Waals surface area contributed by atoms with Crippen LogP contribution in [-0.2, 0) is 0 Å². The van der Waals surface area contributed by atoms with Gasteiger partial charge in [-0.25, -0.2) is 4.98 Å². The van der Waals surface area contributed by atoms with Crippen LogP contribution in [0.1, 0.15) is 0 Å². The van der Waals surface area contributed by atoms with Crippen LogP contribution in [0, 0.1) is 0 Å². The Labute approximate surface area is 326 Å². The van der Waals surface area contributed by atoms with E-state index in [0.717, 1.165) is 77.3 Å². The summed E-state index contributed by atoms with van der Waals surface area (Å²) < 4.78 is 10.8. The first-order chi connectivity index (χ1) is 28.3. The van der Waals surface area contributed by atoms with E-state index in [1.165, 1.54) is 16.2 Å². The minimum Gasteiger partial charge on any atom is -0.456 e. The van der Waals surface area contributed by atoms with Gasteiger partial charge in [-0.15, -0.1) is 0 Å². The Kier molecular flexibility index (Phi) is 6.83. The normalized spacial score (nSPS) is 11.9. The molecule has 0 aliphatic rings. The van der Waals surface area contributed by atoms with Crippen LogP contribution in [-0.4, -0.2) is 24.1 Å². The topological polar surface area (TPSA) is 61.7 Å². The Morgan fingerprint density at radius 2 is 0.842 bits per heavy atom. The van der Waals surface area contributed by atoms with Crippen LogP contribution in [0.2, 0.25) is 0 Å². The van der Waals surface area contributed by atoms with E-state index >= 15 is 0 Å². The summed E-state index contributed by atoms with van der Waals surface area (Å²) >= 11 is 0. The molecule has 0 aliphatic carbocycles. The van der Waals surface area contributed by atoms with Crippen LogP contribution < -0.4 is 0 Å². The highest BCUT2D eigenvalue weighted by molar-refractivity contribution is 6.28. The molecule has 0 bridgehead atoms. The zero-order chi connectivity index (χ0) is 37.5. The summed E-state index contributed by atoms with van der Waals surface area (Å²) in [6.45, 7) is 0. The third-order valence-electron chi connectivity index (χ3n) is 11.2. The largest absolute Gasteiger partial charge is 0.456 e. The van der Waals surface area contributed by atoms with Crippen molar-refractivity contribution in [3.05, 3.63) is 188 Å². The van der Waals surface area contributed by atoms with Crippen LogP contribution in [0.5, 0.6) is 0 Å². The van der Waals surface area contributed by atoms with Gasteiger partial charge < -0.3 is 8.98 Å². The van der Waals surface area contributed by atoms with Crippen molar-refractivity contribution in [1.82, 2.24) is 24.1 Å². The zero-order valence-corrected chi connectivity index (χ0v) is 30.5. The van der Waals surface area contributed by atoms with Crippen LogP contribution in [0.25, 0.3) is 111 Å². The van der Waals surface area contributed by atoms with Crippen molar-refractivity contribution in [2.45, 2.75) is 0 Å². The highest BCUT2D eigenvalue weighted by Gasteiger charge is 2.22. The molecule has 0 radical (unpaired) electrons. The van der Waals surface area contributed by atoms with Gasteiger partial charge in [0.05, 0.1) is 22.1 Å². The second kappa shape index (κ2) is 12.3. The molecule has 0 unspecified atom stereocenters. The van der Waals surface area contributed by atoms with Crippen LogP contribution in [0.3, 0.4) is 0 Å². The molecule has 0 atom stereocenters. The summed E-state index contributed by atoms with van der Waals surface area (Å²) in [6, 6.07) is 65.5. The van der Waals surface area contributed by atoms with Gasteiger partial charge in [-0.1, -0.05) is 133 Å². The number of aromatic nitrogens is 5. The van der Waals surface area contributed by atoms with Crippen molar-refractivity contribution in [3.63, 3.8) is 0 Å². The molecule has 6 heteroatoms. The van der Waals surface area contributed by atoms with Crippen molar-refractivity contribution in [1.29, 1.82) is 0 Å². The molecule has 0 fully saturated rings. The summed E-state index contributed by atoms with van der Waals surface area (Å²) in [5, 5.41) is 6.96. The highest BCUT2D eigenvalue weighted by Crippen LogP contribution is 2.42. The van der Waals surface area contributed by atoms with E-state index in [4.69, 9.17) is 19.4 Å². The fourth-order valence-corrected chi connectivity index (χ4v) is 8.62. The lowest BCUT2D eigenvalue weighted by atomic mass is 10.0. The zero-order valence-electron chi connectivity index (χ0n) is 30.5.